The van der Waals surface area contributed by atoms with Gasteiger partial charge in [0.25, 0.3) is 0 Å². The zero-order chi connectivity index (χ0) is 16.3. The first-order chi connectivity index (χ1) is 11.3. The van der Waals surface area contributed by atoms with Crippen LogP contribution in [0.1, 0.15) is 38.2 Å². The number of aromatic nitrogens is 2. The maximum atomic E-state index is 4.27. The van der Waals surface area contributed by atoms with Gasteiger partial charge in [-0.1, -0.05) is 38.3 Å². The zero-order valence-electron chi connectivity index (χ0n) is 14.5. The number of guanidine groups is 1. The number of aliphatic imine (C=N–C) groups is 1. The standard InChI is InChI=1S/C18H27N5.HI/c1-3-4-5-6-11-20-18(19-2)21-15-16-9-7-10-17(14-16)23-13-8-12-22-23;/h7-10,12-14H,3-6,11,15H2,1-2H3,(H2,19,20,21);1H. The number of nitrogens with zero attached hydrogens (tertiary/aromatic N) is 3. The van der Waals surface area contributed by atoms with Crippen LogP contribution in [0.25, 0.3) is 5.69 Å². The molecule has 0 amide bonds. The lowest BCUT2D eigenvalue weighted by atomic mass is 10.2. The fourth-order valence-electron chi connectivity index (χ4n) is 2.40. The summed E-state index contributed by atoms with van der Waals surface area (Å²) in [6.07, 6.45) is 8.75. The monoisotopic (exact) mass is 441 g/mol. The van der Waals surface area contributed by atoms with Crippen LogP contribution >= 0.6 is 24.0 Å². The molecule has 0 aliphatic rings. The van der Waals surface area contributed by atoms with E-state index >= 15 is 0 Å². The summed E-state index contributed by atoms with van der Waals surface area (Å²) in [5, 5.41) is 11.0. The molecule has 0 radical (unpaired) electrons. The molecule has 1 aromatic heterocycles. The number of benzene rings is 1. The smallest absolute Gasteiger partial charge is 0.191 e. The highest BCUT2D eigenvalue weighted by Crippen LogP contribution is 2.09. The molecule has 2 rings (SSSR count). The van der Waals surface area contributed by atoms with E-state index in [9.17, 15) is 0 Å². The first-order valence-electron chi connectivity index (χ1n) is 8.37. The van der Waals surface area contributed by atoms with Crippen molar-refractivity contribution in [2.24, 2.45) is 4.99 Å². The van der Waals surface area contributed by atoms with E-state index in [0.29, 0.717) is 0 Å². The Morgan fingerprint density at radius 1 is 1.17 bits per heavy atom. The molecular weight excluding hydrogens is 413 g/mol. The summed E-state index contributed by atoms with van der Waals surface area (Å²) in [5.41, 5.74) is 2.27. The molecule has 0 aliphatic carbocycles. The van der Waals surface area contributed by atoms with Crippen molar-refractivity contribution in [2.45, 2.75) is 39.2 Å². The van der Waals surface area contributed by atoms with Crippen LogP contribution < -0.4 is 10.6 Å². The molecule has 1 aromatic carbocycles. The Balaban J connectivity index is 0.00000288. The van der Waals surface area contributed by atoms with Gasteiger partial charge < -0.3 is 10.6 Å². The van der Waals surface area contributed by atoms with Gasteiger partial charge in [0.05, 0.1) is 5.69 Å². The molecule has 24 heavy (non-hydrogen) atoms. The maximum absolute atomic E-state index is 4.27. The van der Waals surface area contributed by atoms with Gasteiger partial charge in [-0.25, -0.2) is 4.68 Å². The van der Waals surface area contributed by atoms with Crippen LogP contribution in [-0.2, 0) is 6.54 Å². The van der Waals surface area contributed by atoms with Crippen LogP contribution in [0.4, 0.5) is 0 Å². The largest absolute Gasteiger partial charge is 0.356 e. The van der Waals surface area contributed by atoms with Gasteiger partial charge in [0, 0.05) is 32.5 Å². The summed E-state index contributed by atoms with van der Waals surface area (Å²) in [6, 6.07) is 10.3. The highest BCUT2D eigenvalue weighted by molar-refractivity contribution is 14.0. The fourth-order valence-corrected chi connectivity index (χ4v) is 2.40. The average Bonchev–Trinajstić information content (AvgIpc) is 3.12. The first-order valence-corrected chi connectivity index (χ1v) is 8.37. The van der Waals surface area contributed by atoms with Crippen molar-refractivity contribution in [1.82, 2.24) is 20.4 Å². The third-order valence-electron chi connectivity index (χ3n) is 3.69. The maximum Gasteiger partial charge on any atom is 0.191 e. The topological polar surface area (TPSA) is 54.2 Å². The molecule has 5 nitrogen and oxygen atoms in total. The van der Waals surface area contributed by atoms with Gasteiger partial charge in [0.1, 0.15) is 0 Å². The summed E-state index contributed by atoms with van der Waals surface area (Å²) in [6.45, 7) is 3.93. The highest BCUT2D eigenvalue weighted by Gasteiger charge is 2.01. The average molecular weight is 441 g/mol. The summed E-state index contributed by atoms with van der Waals surface area (Å²) in [5.74, 6) is 0.853. The number of hydrogen-bond acceptors (Lipinski definition) is 2. The molecule has 2 aromatic rings. The summed E-state index contributed by atoms with van der Waals surface area (Å²) in [4.78, 5) is 4.27. The third-order valence-corrected chi connectivity index (χ3v) is 3.69. The Kier molecular flexibility index (Phi) is 10.1. The van der Waals surface area contributed by atoms with Crippen LogP contribution in [0, 0.1) is 0 Å². The molecule has 2 N–H and O–H groups in total. The number of halogens is 1. The van der Waals surface area contributed by atoms with E-state index in [1.165, 1.54) is 31.2 Å². The highest BCUT2D eigenvalue weighted by atomic mass is 127. The molecule has 132 valence electrons. The molecule has 0 fully saturated rings. The van der Waals surface area contributed by atoms with Gasteiger partial charge in [-0.05, 0) is 30.2 Å². The molecule has 0 unspecified atom stereocenters. The minimum absolute atomic E-state index is 0. The quantitative estimate of drug-likeness (QED) is 0.284. The summed E-state index contributed by atoms with van der Waals surface area (Å²) >= 11 is 0. The third kappa shape index (κ3) is 6.90. The van der Waals surface area contributed by atoms with E-state index in [4.69, 9.17) is 0 Å². The molecule has 0 aliphatic heterocycles. The second-order valence-corrected chi connectivity index (χ2v) is 5.53. The van der Waals surface area contributed by atoms with Gasteiger partial charge in [-0.3, -0.25) is 4.99 Å². The predicted molar refractivity (Wildman–Crippen MR) is 111 cm³/mol. The number of hydrogen-bond donors (Lipinski definition) is 2. The van der Waals surface area contributed by atoms with Crippen molar-refractivity contribution >= 4 is 29.9 Å². The van der Waals surface area contributed by atoms with Crippen LogP contribution in [0.2, 0.25) is 0 Å². The second kappa shape index (κ2) is 11.9. The number of unbranched alkanes of at least 4 members (excludes halogenated alkanes) is 3. The summed E-state index contributed by atoms with van der Waals surface area (Å²) < 4.78 is 1.87. The van der Waals surface area contributed by atoms with Crippen molar-refractivity contribution in [3.8, 4) is 5.69 Å². The van der Waals surface area contributed by atoms with Crippen LogP contribution in [-0.4, -0.2) is 29.3 Å². The number of rotatable bonds is 8. The van der Waals surface area contributed by atoms with E-state index in [2.05, 4.69) is 51.9 Å². The van der Waals surface area contributed by atoms with Crippen molar-refractivity contribution in [3.63, 3.8) is 0 Å². The van der Waals surface area contributed by atoms with Crippen molar-refractivity contribution < 1.29 is 0 Å². The van der Waals surface area contributed by atoms with Gasteiger partial charge in [0.2, 0.25) is 0 Å². The Bertz CT molecular complexity index is 595. The minimum Gasteiger partial charge on any atom is -0.356 e. The van der Waals surface area contributed by atoms with Crippen molar-refractivity contribution in [2.75, 3.05) is 13.6 Å². The molecule has 6 heteroatoms. The second-order valence-electron chi connectivity index (χ2n) is 5.53. The van der Waals surface area contributed by atoms with E-state index in [1.807, 2.05) is 24.0 Å². The van der Waals surface area contributed by atoms with Crippen LogP contribution in [0.15, 0.2) is 47.7 Å². The molecule has 1 heterocycles. The fraction of sp³-hybridized carbons (Fsp3) is 0.444. The van der Waals surface area contributed by atoms with Gasteiger partial charge in [-0.15, -0.1) is 24.0 Å². The van der Waals surface area contributed by atoms with Gasteiger partial charge >= 0.3 is 0 Å². The molecule has 0 spiro atoms. The summed E-state index contributed by atoms with van der Waals surface area (Å²) in [7, 11) is 1.81. The van der Waals surface area contributed by atoms with Crippen molar-refractivity contribution in [3.05, 3.63) is 48.3 Å². The zero-order valence-corrected chi connectivity index (χ0v) is 16.9. The van der Waals surface area contributed by atoms with E-state index < -0.39 is 0 Å². The van der Waals surface area contributed by atoms with Gasteiger partial charge in [0.15, 0.2) is 5.96 Å². The first kappa shape index (κ1) is 20.5. The van der Waals surface area contributed by atoms with Gasteiger partial charge in [-0.2, -0.15) is 5.10 Å². The Hall–Kier alpha value is -1.57. The minimum atomic E-state index is 0. The predicted octanol–water partition coefficient (Wildman–Crippen LogP) is 3.74. The number of nitrogens with one attached hydrogen (secondary N) is 2. The molecular formula is C18H28IN5. The van der Waals surface area contributed by atoms with Crippen LogP contribution in [0.5, 0.6) is 0 Å². The Labute approximate surface area is 162 Å². The van der Waals surface area contributed by atoms with Crippen LogP contribution in [0.3, 0.4) is 0 Å². The Morgan fingerprint density at radius 3 is 2.75 bits per heavy atom. The molecule has 0 saturated carbocycles. The lowest BCUT2D eigenvalue weighted by molar-refractivity contribution is 0.647. The van der Waals surface area contributed by atoms with E-state index in [0.717, 1.165) is 24.7 Å². The molecule has 0 atom stereocenters. The normalized spacial score (nSPS) is 11.0. The lowest BCUT2D eigenvalue weighted by Gasteiger charge is -2.12. The van der Waals surface area contributed by atoms with Crippen molar-refractivity contribution in [1.29, 1.82) is 0 Å². The molecule has 0 bridgehead atoms. The van der Waals surface area contributed by atoms with E-state index in [-0.39, 0.29) is 24.0 Å². The Morgan fingerprint density at radius 2 is 2.04 bits per heavy atom. The lowest BCUT2D eigenvalue weighted by Crippen LogP contribution is -2.37. The SMILES string of the molecule is CCCCCCNC(=NC)NCc1cccc(-n2cccn2)c1.I. The molecule has 0 saturated heterocycles. The van der Waals surface area contributed by atoms with E-state index in [1.54, 1.807) is 6.20 Å².